The largest absolute Gasteiger partial charge is 0.476 e. The van der Waals surface area contributed by atoms with Gasteiger partial charge >= 0.3 is 11.8 Å². The third-order valence-corrected chi connectivity index (χ3v) is 5.61. The lowest BCUT2D eigenvalue weighted by Gasteiger charge is -2.36. The van der Waals surface area contributed by atoms with Gasteiger partial charge in [-0.1, -0.05) is 6.07 Å². The number of nitrogens with zero attached hydrogens (tertiary/aromatic N) is 5. The number of piperazine rings is 1. The smallest absolute Gasteiger partial charge is 0.309 e. The van der Waals surface area contributed by atoms with Crippen molar-refractivity contribution in [1.82, 2.24) is 30.4 Å². The summed E-state index contributed by atoms with van der Waals surface area (Å²) in [6, 6.07) is 7.66. The Bertz CT molecular complexity index is 902. The van der Waals surface area contributed by atoms with Gasteiger partial charge in [0.1, 0.15) is 6.61 Å². The molecule has 0 aliphatic carbocycles. The summed E-state index contributed by atoms with van der Waals surface area (Å²) in [6.07, 6.45) is 6.07. The van der Waals surface area contributed by atoms with Crippen LogP contribution < -0.4 is 20.3 Å². The number of carbonyl (C=O) groups is 2. The molecule has 2 aromatic heterocycles. The van der Waals surface area contributed by atoms with E-state index in [1.165, 1.54) is 5.69 Å². The fourth-order valence-electron chi connectivity index (χ4n) is 3.64. The topological polar surface area (TPSA) is 103 Å². The molecule has 34 heavy (non-hydrogen) atoms. The molecule has 0 aromatic carbocycles. The Kier molecular flexibility index (Phi) is 10.1. The molecular formula is C24H35N7O3. The number of rotatable bonds is 11. The van der Waals surface area contributed by atoms with Crippen molar-refractivity contribution in [2.75, 3.05) is 71.4 Å². The van der Waals surface area contributed by atoms with E-state index in [2.05, 4.69) is 30.4 Å². The van der Waals surface area contributed by atoms with Gasteiger partial charge in [-0.05, 0) is 45.3 Å². The Morgan fingerprint density at radius 3 is 2.50 bits per heavy atom. The molecule has 1 fully saturated rings. The molecule has 10 heteroatoms. The Labute approximate surface area is 201 Å². The van der Waals surface area contributed by atoms with E-state index < -0.39 is 11.8 Å². The van der Waals surface area contributed by atoms with Crippen molar-refractivity contribution in [3.8, 4) is 5.88 Å². The number of anilines is 1. The fourth-order valence-corrected chi connectivity index (χ4v) is 3.64. The Balaban J connectivity index is 1.30. The third kappa shape index (κ3) is 8.27. The molecule has 0 saturated carbocycles. The number of carbonyl (C=O) groups excluding carboxylic acids is 2. The van der Waals surface area contributed by atoms with Crippen molar-refractivity contribution in [3.05, 3.63) is 48.4 Å². The van der Waals surface area contributed by atoms with Crippen LogP contribution in [0.25, 0.3) is 0 Å². The highest BCUT2D eigenvalue weighted by atomic mass is 16.5. The van der Waals surface area contributed by atoms with Gasteiger partial charge in [-0.15, -0.1) is 0 Å². The van der Waals surface area contributed by atoms with Gasteiger partial charge in [0.15, 0.2) is 0 Å². The number of pyridine rings is 2. The quantitative estimate of drug-likeness (QED) is 0.359. The van der Waals surface area contributed by atoms with Gasteiger partial charge < -0.3 is 25.2 Å². The highest BCUT2D eigenvalue weighted by Gasteiger charge is 2.18. The van der Waals surface area contributed by atoms with Crippen LogP contribution in [-0.2, 0) is 16.1 Å². The second-order valence-electron chi connectivity index (χ2n) is 8.45. The van der Waals surface area contributed by atoms with Crippen LogP contribution in [0.1, 0.15) is 12.0 Å². The van der Waals surface area contributed by atoms with Crippen LogP contribution in [0.2, 0.25) is 0 Å². The van der Waals surface area contributed by atoms with Crippen molar-refractivity contribution in [1.29, 1.82) is 0 Å². The van der Waals surface area contributed by atoms with Crippen LogP contribution in [-0.4, -0.2) is 98.1 Å². The Hall–Kier alpha value is -3.24. The van der Waals surface area contributed by atoms with Crippen LogP contribution in [0, 0.1) is 0 Å². The number of ether oxygens (including phenoxy) is 1. The lowest BCUT2D eigenvalue weighted by Crippen LogP contribution is -2.47. The average molecular weight is 470 g/mol. The summed E-state index contributed by atoms with van der Waals surface area (Å²) < 4.78 is 5.69. The number of amides is 2. The zero-order chi connectivity index (χ0) is 24.2. The summed E-state index contributed by atoms with van der Waals surface area (Å²) in [4.78, 5) is 39.4. The lowest BCUT2D eigenvalue weighted by molar-refractivity contribution is -0.139. The third-order valence-electron chi connectivity index (χ3n) is 5.61. The molecule has 0 unspecified atom stereocenters. The molecule has 1 saturated heterocycles. The molecule has 10 nitrogen and oxygen atoms in total. The molecule has 0 spiro atoms. The molecule has 184 valence electrons. The van der Waals surface area contributed by atoms with E-state index in [-0.39, 0.29) is 6.54 Å². The molecule has 0 radical (unpaired) electrons. The average Bonchev–Trinajstić information content (AvgIpc) is 2.86. The molecular weight excluding hydrogens is 434 g/mol. The van der Waals surface area contributed by atoms with Gasteiger partial charge in [0, 0.05) is 75.7 Å². The molecule has 3 rings (SSSR count). The number of nitrogens with one attached hydrogen (secondary N) is 2. The van der Waals surface area contributed by atoms with Crippen LogP contribution in [0.4, 0.5) is 5.69 Å². The molecule has 1 aliphatic heterocycles. The number of likely N-dealkylation sites (N-methyl/N-ethyl adjacent to an activating group) is 1. The first kappa shape index (κ1) is 25.4. The van der Waals surface area contributed by atoms with E-state index in [9.17, 15) is 9.59 Å². The maximum atomic E-state index is 12.2. The van der Waals surface area contributed by atoms with E-state index in [4.69, 9.17) is 4.74 Å². The summed E-state index contributed by atoms with van der Waals surface area (Å²) in [5.41, 5.74) is 1.93. The first-order valence-corrected chi connectivity index (χ1v) is 11.7. The van der Waals surface area contributed by atoms with Crippen molar-refractivity contribution < 1.29 is 14.3 Å². The van der Waals surface area contributed by atoms with Crippen molar-refractivity contribution >= 4 is 17.5 Å². The van der Waals surface area contributed by atoms with Gasteiger partial charge in [-0.3, -0.25) is 19.5 Å². The normalized spacial score (nSPS) is 14.1. The molecule has 2 aromatic rings. The van der Waals surface area contributed by atoms with Crippen molar-refractivity contribution in [2.45, 2.75) is 13.0 Å². The molecule has 0 bridgehead atoms. The molecule has 2 amide bonds. The second kappa shape index (κ2) is 13.5. The first-order valence-electron chi connectivity index (χ1n) is 11.7. The van der Waals surface area contributed by atoms with Crippen LogP contribution in [0.15, 0.2) is 42.9 Å². The van der Waals surface area contributed by atoms with Crippen LogP contribution >= 0.6 is 0 Å². The minimum Gasteiger partial charge on any atom is -0.476 e. The van der Waals surface area contributed by atoms with E-state index in [0.29, 0.717) is 19.0 Å². The standard InChI is InChI=1S/C24H35N7O3/c1-29(2)17-18-34-24-20(5-3-8-27-24)19-28-23(33)22(32)26-9-4-12-30-13-15-31(16-14-30)21-6-10-25-11-7-21/h3,5-8,10-11H,4,9,12-19H2,1-2H3,(H,26,32)(H,28,33). The van der Waals surface area contributed by atoms with Crippen molar-refractivity contribution in [2.24, 2.45) is 0 Å². The van der Waals surface area contributed by atoms with E-state index in [0.717, 1.165) is 51.3 Å². The first-order chi connectivity index (χ1) is 16.5. The summed E-state index contributed by atoms with van der Waals surface area (Å²) >= 11 is 0. The van der Waals surface area contributed by atoms with Gasteiger partial charge in [-0.25, -0.2) is 4.98 Å². The van der Waals surface area contributed by atoms with Crippen LogP contribution in [0.3, 0.4) is 0 Å². The predicted molar refractivity (Wildman–Crippen MR) is 131 cm³/mol. The maximum absolute atomic E-state index is 12.2. The maximum Gasteiger partial charge on any atom is 0.309 e. The van der Waals surface area contributed by atoms with Gasteiger partial charge in [0.2, 0.25) is 5.88 Å². The van der Waals surface area contributed by atoms with Gasteiger partial charge in [-0.2, -0.15) is 0 Å². The number of hydrogen-bond acceptors (Lipinski definition) is 8. The van der Waals surface area contributed by atoms with E-state index in [1.54, 1.807) is 12.3 Å². The summed E-state index contributed by atoms with van der Waals surface area (Å²) in [5.74, 6) is -0.815. The number of aromatic nitrogens is 2. The SMILES string of the molecule is CN(C)CCOc1ncccc1CNC(=O)C(=O)NCCCN1CCN(c2ccncc2)CC1. The molecule has 2 N–H and O–H groups in total. The highest BCUT2D eigenvalue weighted by molar-refractivity contribution is 6.35. The fraction of sp³-hybridized carbons (Fsp3) is 0.500. The molecule has 1 aliphatic rings. The van der Waals surface area contributed by atoms with Crippen LogP contribution in [0.5, 0.6) is 5.88 Å². The minimum atomic E-state index is -0.658. The predicted octanol–water partition coefficient (Wildman–Crippen LogP) is 0.362. The van der Waals surface area contributed by atoms with E-state index >= 15 is 0 Å². The van der Waals surface area contributed by atoms with Gasteiger partial charge in [0.05, 0.1) is 0 Å². The summed E-state index contributed by atoms with van der Waals surface area (Å²) in [7, 11) is 3.93. The highest BCUT2D eigenvalue weighted by Crippen LogP contribution is 2.15. The summed E-state index contributed by atoms with van der Waals surface area (Å²) in [5, 5.41) is 5.35. The monoisotopic (exact) mass is 469 g/mol. The number of hydrogen-bond donors (Lipinski definition) is 2. The summed E-state index contributed by atoms with van der Waals surface area (Å²) in [6.45, 7) is 6.65. The minimum absolute atomic E-state index is 0.180. The van der Waals surface area contributed by atoms with Crippen molar-refractivity contribution in [3.63, 3.8) is 0 Å². The molecule has 3 heterocycles. The van der Waals surface area contributed by atoms with E-state index in [1.807, 2.05) is 49.6 Å². The Morgan fingerprint density at radius 2 is 1.76 bits per heavy atom. The van der Waals surface area contributed by atoms with Gasteiger partial charge in [0.25, 0.3) is 0 Å². The zero-order valence-corrected chi connectivity index (χ0v) is 20.1. The molecule has 0 atom stereocenters. The second-order valence-corrected chi connectivity index (χ2v) is 8.45. The lowest BCUT2D eigenvalue weighted by atomic mass is 10.2. The Morgan fingerprint density at radius 1 is 1.03 bits per heavy atom. The zero-order valence-electron chi connectivity index (χ0n) is 20.1.